The molecule has 29 heavy (non-hydrogen) atoms. The number of hydrogen-bond acceptors (Lipinski definition) is 4. The Balaban J connectivity index is 2.02. The quantitative estimate of drug-likeness (QED) is 0.536. The second kappa shape index (κ2) is 8.42. The molecule has 0 aliphatic carbocycles. The average Bonchev–Trinajstić information content (AvgIpc) is 3.09. The normalized spacial score (nSPS) is 22.4. The molecule has 2 unspecified atom stereocenters. The Morgan fingerprint density at radius 2 is 1.59 bits per heavy atom. The summed E-state index contributed by atoms with van der Waals surface area (Å²) in [4.78, 5) is 12.4. The van der Waals surface area contributed by atoms with E-state index in [2.05, 4.69) is 69.3 Å². The Kier molecular flexibility index (Phi) is 6.32. The second-order valence-corrected chi connectivity index (χ2v) is 13.1. The molecule has 1 aliphatic heterocycles. The maximum atomic E-state index is 12.4. The molecule has 2 aromatic carbocycles. The SMILES string of the molecule is CCOC(=O)C1(C)CC(O[Si](c2ccccc2)(c2ccccc2)C(C)(C)C)CO1. The summed E-state index contributed by atoms with van der Waals surface area (Å²) < 4.78 is 18.2. The van der Waals surface area contributed by atoms with Crippen LogP contribution in [0.15, 0.2) is 60.7 Å². The minimum atomic E-state index is -2.66. The topological polar surface area (TPSA) is 44.8 Å². The van der Waals surface area contributed by atoms with Crippen molar-refractivity contribution in [2.24, 2.45) is 0 Å². The van der Waals surface area contributed by atoms with Gasteiger partial charge in [-0.05, 0) is 29.3 Å². The number of rotatable bonds is 6. The van der Waals surface area contributed by atoms with Crippen molar-refractivity contribution in [3.05, 3.63) is 60.7 Å². The van der Waals surface area contributed by atoms with Crippen LogP contribution in [0.2, 0.25) is 5.04 Å². The summed E-state index contributed by atoms with van der Waals surface area (Å²) >= 11 is 0. The third-order valence-corrected chi connectivity index (χ3v) is 10.8. The number of carbonyl (C=O) groups excluding carboxylic acids is 1. The summed E-state index contributed by atoms with van der Waals surface area (Å²) in [5.74, 6) is -0.312. The van der Waals surface area contributed by atoms with Crippen molar-refractivity contribution in [2.75, 3.05) is 13.2 Å². The molecule has 1 fully saturated rings. The number of ether oxygens (including phenoxy) is 2. The van der Waals surface area contributed by atoms with E-state index in [9.17, 15) is 4.79 Å². The van der Waals surface area contributed by atoms with E-state index < -0.39 is 13.9 Å². The molecule has 2 aromatic rings. The van der Waals surface area contributed by atoms with Gasteiger partial charge in [-0.2, -0.15) is 0 Å². The Morgan fingerprint density at radius 3 is 2.03 bits per heavy atom. The lowest BCUT2D eigenvalue weighted by Gasteiger charge is -2.44. The molecule has 1 aliphatic rings. The molecule has 0 bridgehead atoms. The first-order chi connectivity index (χ1) is 13.7. The van der Waals surface area contributed by atoms with E-state index in [0.29, 0.717) is 19.6 Å². The van der Waals surface area contributed by atoms with Crippen LogP contribution in [-0.2, 0) is 18.7 Å². The van der Waals surface area contributed by atoms with Crippen molar-refractivity contribution in [3.8, 4) is 0 Å². The predicted molar refractivity (Wildman–Crippen MR) is 118 cm³/mol. The molecule has 1 saturated heterocycles. The van der Waals surface area contributed by atoms with E-state index in [0.717, 1.165) is 0 Å². The Hall–Kier alpha value is -1.95. The molecule has 3 rings (SSSR count). The highest BCUT2D eigenvalue weighted by Gasteiger charge is 2.54. The molecule has 0 spiro atoms. The van der Waals surface area contributed by atoms with Crippen LogP contribution in [0.1, 0.15) is 41.0 Å². The van der Waals surface area contributed by atoms with Gasteiger partial charge in [0.2, 0.25) is 0 Å². The molecular weight excluding hydrogens is 380 g/mol. The van der Waals surface area contributed by atoms with E-state index >= 15 is 0 Å². The molecule has 0 aromatic heterocycles. The summed E-state index contributed by atoms with van der Waals surface area (Å²) in [5, 5.41) is 2.34. The van der Waals surface area contributed by atoms with Gasteiger partial charge in [0.25, 0.3) is 8.32 Å². The Morgan fingerprint density at radius 1 is 1.07 bits per heavy atom. The van der Waals surface area contributed by atoms with Crippen molar-refractivity contribution in [2.45, 2.75) is 57.8 Å². The highest BCUT2D eigenvalue weighted by molar-refractivity contribution is 6.99. The minimum absolute atomic E-state index is 0.112. The summed E-state index contributed by atoms with van der Waals surface area (Å²) in [6.45, 7) is 11.1. The first kappa shape index (κ1) is 21.7. The molecule has 1 heterocycles. The fourth-order valence-corrected chi connectivity index (χ4v) is 8.94. The van der Waals surface area contributed by atoms with Gasteiger partial charge in [-0.1, -0.05) is 81.4 Å². The van der Waals surface area contributed by atoms with Crippen molar-refractivity contribution >= 4 is 24.7 Å². The molecule has 2 atom stereocenters. The standard InChI is InChI=1S/C24H32O4Si/c1-6-26-22(25)24(5)17-19(18-27-24)28-29(23(2,3)4,20-13-9-7-10-14-20)21-15-11-8-12-16-21/h7-16,19H,6,17-18H2,1-5H3. The first-order valence-corrected chi connectivity index (χ1v) is 12.2. The molecule has 5 heteroatoms. The first-order valence-electron chi connectivity index (χ1n) is 10.3. The maximum Gasteiger partial charge on any atom is 0.338 e. The molecule has 0 saturated carbocycles. The number of carbonyl (C=O) groups is 1. The lowest BCUT2D eigenvalue weighted by molar-refractivity contribution is -0.164. The van der Waals surface area contributed by atoms with Gasteiger partial charge in [0.05, 0.1) is 19.3 Å². The summed E-state index contributed by atoms with van der Waals surface area (Å²) in [5.41, 5.74) is -0.952. The van der Waals surface area contributed by atoms with Gasteiger partial charge in [-0.25, -0.2) is 4.79 Å². The van der Waals surface area contributed by atoms with Gasteiger partial charge >= 0.3 is 5.97 Å². The van der Waals surface area contributed by atoms with E-state index in [1.165, 1.54) is 10.4 Å². The molecule has 0 amide bonds. The summed E-state index contributed by atoms with van der Waals surface area (Å²) in [7, 11) is -2.66. The molecule has 0 radical (unpaired) electrons. The molecule has 0 N–H and O–H groups in total. The predicted octanol–water partition coefficient (Wildman–Crippen LogP) is 3.67. The number of hydrogen-bond donors (Lipinski definition) is 0. The Bertz CT molecular complexity index is 776. The molecule has 4 nitrogen and oxygen atoms in total. The van der Waals surface area contributed by atoms with Crippen LogP contribution >= 0.6 is 0 Å². The van der Waals surface area contributed by atoms with Gasteiger partial charge < -0.3 is 13.9 Å². The third-order valence-electron chi connectivity index (χ3n) is 5.67. The van der Waals surface area contributed by atoms with Crippen LogP contribution in [0.5, 0.6) is 0 Å². The van der Waals surface area contributed by atoms with Crippen LogP contribution in [-0.4, -0.2) is 39.2 Å². The third kappa shape index (κ3) is 4.18. The number of benzene rings is 2. The number of esters is 1. The van der Waals surface area contributed by atoms with Gasteiger partial charge in [0.15, 0.2) is 5.60 Å². The lowest BCUT2D eigenvalue weighted by atomic mass is 10.0. The van der Waals surface area contributed by atoms with Crippen LogP contribution in [0.25, 0.3) is 0 Å². The monoisotopic (exact) mass is 412 g/mol. The highest BCUT2D eigenvalue weighted by Crippen LogP contribution is 2.40. The lowest BCUT2D eigenvalue weighted by Crippen LogP contribution is -2.67. The summed E-state index contributed by atoms with van der Waals surface area (Å²) in [6.07, 6.45) is 0.326. The zero-order valence-electron chi connectivity index (χ0n) is 18.1. The van der Waals surface area contributed by atoms with Crippen LogP contribution in [0, 0.1) is 0 Å². The van der Waals surface area contributed by atoms with Gasteiger partial charge in [0.1, 0.15) is 0 Å². The van der Waals surface area contributed by atoms with Crippen molar-refractivity contribution < 1.29 is 18.7 Å². The zero-order valence-corrected chi connectivity index (χ0v) is 19.1. The van der Waals surface area contributed by atoms with Gasteiger partial charge in [0, 0.05) is 6.42 Å². The van der Waals surface area contributed by atoms with Crippen molar-refractivity contribution in [3.63, 3.8) is 0 Å². The smallest absolute Gasteiger partial charge is 0.338 e. The second-order valence-electron chi connectivity index (χ2n) is 8.87. The van der Waals surface area contributed by atoms with Crippen molar-refractivity contribution in [1.82, 2.24) is 0 Å². The van der Waals surface area contributed by atoms with Crippen molar-refractivity contribution in [1.29, 1.82) is 0 Å². The van der Waals surface area contributed by atoms with Gasteiger partial charge in [-0.3, -0.25) is 0 Å². The molecule has 156 valence electrons. The van der Waals surface area contributed by atoms with E-state index in [4.69, 9.17) is 13.9 Å². The fourth-order valence-electron chi connectivity index (χ4n) is 4.27. The summed E-state index contributed by atoms with van der Waals surface area (Å²) in [6, 6.07) is 21.0. The Labute approximate surface area is 175 Å². The minimum Gasteiger partial charge on any atom is -0.464 e. The van der Waals surface area contributed by atoms with E-state index in [-0.39, 0.29) is 17.1 Å². The highest BCUT2D eigenvalue weighted by atomic mass is 28.4. The fraction of sp³-hybridized carbons (Fsp3) is 0.458. The van der Waals surface area contributed by atoms with E-state index in [1.54, 1.807) is 6.92 Å². The largest absolute Gasteiger partial charge is 0.464 e. The van der Waals surface area contributed by atoms with Gasteiger partial charge in [-0.15, -0.1) is 0 Å². The van der Waals surface area contributed by atoms with Crippen LogP contribution in [0.4, 0.5) is 0 Å². The maximum absolute atomic E-state index is 12.4. The average molecular weight is 413 g/mol. The molecular formula is C24H32O4Si. The van der Waals surface area contributed by atoms with Crippen LogP contribution in [0.3, 0.4) is 0 Å². The zero-order chi connectivity index (χ0) is 21.1. The van der Waals surface area contributed by atoms with E-state index in [1.807, 2.05) is 19.1 Å². The van der Waals surface area contributed by atoms with Crippen LogP contribution < -0.4 is 10.4 Å².